The molecule has 7 nitrogen and oxygen atoms in total. The molecule has 3 heterocycles. The van der Waals surface area contributed by atoms with Gasteiger partial charge in [-0.05, 0) is 25.0 Å². The van der Waals surface area contributed by atoms with Gasteiger partial charge in [0.15, 0.2) is 5.82 Å². The molecule has 7 heteroatoms. The fourth-order valence-corrected chi connectivity index (χ4v) is 2.59. The lowest BCUT2D eigenvalue weighted by molar-refractivity contribution is 0.199. The molecule has 0 bridgehead atoms. The van der Waals surface area contributed by atoms with Gasteiger partial charge < -0.3 is 19.9 Å². The van der Waals surface area contributed by atoms with Gasteiger partial charge in [0.2, 0.25) is 0 Å². The molecule has 0 aliphatic carbocycles. The summed E-state index contributed by atoms with van der Waals surface area (Å²) in [6.07, 6.45) is 4.36. The minimum absolute atomic E-state index is 0.285. The fraction of sp³-hybridized carbons (Fsp3) is 0.533. The number of rotatable bonds is 5. The first kappa shape index (κ1) is 14.9. The summed E-state index contributed by atoms with van der Waals surface area (Å²) in [5.41, 5.74) is 6.84. The number of nitrogens with two attached hydrogens (primary N) is 1. The topological polar surface area (TPSA) is 90.3 Å². The van der Waals surface area contributed by atoms with Gasteiger partial charge in [0.1, 0.15) is 5.82 Å². The van der Waals surface area contributed by atoms with Gasteiger partial charge in [-0.1, -0.05) is 5.16 Å². The van der Waals surface area contributed by atoms with Crippen molar-refractivity contribution >= 4 is 5.82 Å². The lowest BCUT2D eigenvalue weighted by atomic mass is 10.1. The summed E-state index contributed by atoms with van der Waals surface area (Å²) in [5.74, 6) is 2.03. The number of methoxy groups -OCH3 is 1. The number of anilines is 1. The van der Waals surface area contributed by atoms with Crippen LogP contribution < -0.4 is 10.6 Å². The minimum atomic E-state index is 0.285. The van der Waals surface area contributed by atoms with Crippen molar-refractivity contribution in [3.8, 4) is 11.5 Å². The molecule has 2 aromatic rings. The molecule has 0 aromatic carbocycles. The van der Waals surface area contributed by atoms with E-state index in [2.05, 4.69) is 20.0 Å². The van der Waals surface area contributed by atoms with Crippen molar-refractivity contribution in [3.05, 3.63) is 24.2 Å². The van der Waals surface area contributed by atoms with E-state index in [4.69, 9.17) is 15.0 Å². The molecule has 1 aliphatic rings. The Morgan fingerprint density at radius 1 is 1.41 bits per heavy atom. The van der Waals surface area contributed by atoms with Crippen LogP contribution in [0.1, 0.15) is 18.7 Å². The number of ether oxygens (including phenoxy) is 1. The summed E-state index contributed by atoms with van der Waals surface area (Å²) in [7, 11) is 1.65. The zero-order chi connectivity index (χ0) is 15.4. The Hall–Kier alpha value is -1.99. The van der Waals surface area contributed by atoms with E-state index in [9.17, 15) is 0 Å². The van der Waals surface area contributed by atoms with Crippen LogP contribution in [-0.4, -0.2) is 48.0 Å². The first-order valence-corrected chi connectivity index (χ1v) is 7.55. The van der Waals surface area contributed by atoms with E-state index in [-0.39, 0.29) is 6.04 Å². The third kappa shape index (κ3) is 3.26. The van der Waals surface area contributed by atoms with Crippen LogP contribution >= 0.6 is 0 Å². The Morgan fingerprint density at radius 2 is 2.23 bits per heavy atom. The second-order valence-electron chi connectivity index (χ2n) is 5.46. The highest BCUT2D eigenvalue weighted by molar-refractivity contribution is 5.69. The predicted molar refractivity (Wildman–Crippen MR) is 82.5 cm³/mol. The third-order valence-corrected chi connectivity index (χ3v) is 3.85. The van der Waals surface area contributed by atoms with Crippen LogP contribution in [0.4, 0.5) is 5.82 Å². The molecule has 0 saturated carbocycles. The summed E-state index contributed by atoms with van der Waals surface area (Å²) in [5, 5.41) is 4.00. The monoisotopic (exact) mass is 303 g/mol. The Kier molecular flexibility index (Phi) is 4.65. The maximum absolute atomic E-state index is 5.97. The van der Waals surface area contributed by atoms with Crippen LogP contribution in [-0.2, 0) is 11.2 Å². The second kappa shape index (κ2) is 6.85. The smallest absolute Gasteiger partial charge is 0.261 e. The van der Waals surface area contributed by atoms with Gasteiger partial charge in [-0.15, -0.1) is 0 Å². The number of pyridine rings is 1. The normalized spacial score (nSPS) is 16.2. The van der Waals surface area contributed by atoms with Crippen molar-refractivity contribution in [2.24, 2.45) is 5.73 Å². The van der Waals surface area contributed by atoms with Gasteiger partial charge in [-0.2, -0.15) is 4.98 Å². The van der Waals surface area contributed by atoms with E-state index in [0.29, 0.717) is 24.7 Å². The van der Waals surface area contributed by atoms with Crippen molar-refractivity contribution in [3.63, 3.8) is 0 Å². The van der Waals surface area contributed by atoms with Crippen molar-refractivity contribution in [2.75, 3.05) is 31.7 Å². The predicted octanol–water partition coefficient (Wildman–Crippen LogP) is 1.25. The van der Waals surface area contributed by atoms with Gasteiger partial charge >= 0.3 is 0 Å². The molecule has 0 spiro atoms. The molecule has 0 atom stereocenters. The van der Waals surface area contributed by atoms with Crippen LogP contribution in [0.2, 0.25) is 0 Å². The van der Waals surface area contributed by atoms with E-state index in [1.54, 1.807) is 13.3 Å². The maximum Gasteiger partial charge on any atom is 0.261 e. The lowest BCUT2D eigenvalue weighted by Crippen LogP contribution is -2.40. The highest BCUT2D eigenvalue weighted by atomic mass is 16.5. The average molecular weight is 303 g/mol. The van der Waals surface area contributed by atoms with E-state index in [1.807, 2.05) is 12.1 Å². The Balaban J connectivity index is 1.83. The van der Waals surface area contributed by atoms with Crippen molar-refractivity contribution < 1.29 is 9.26 Å². The molecule has 2 aromatic heterocycles. The molecule has 22 heavy (non-hydrogen) atoms. The molecule has 1 aliphatic heterocycles. The third-order valence-electron chi connectivity index (χ3n) is 3.85. The zero-order valence-corrected chi connectivity index (χ0v) is 12.7. The summed E-state index contributed by atoms with van der Waals surface area (Å²) in [6, 6.07) is 4.13. The number of nitrogens with zero attached hydrogens (tertiary/aromatic N) is 4. The summed E-state index contributed by atoms with van der Waals surface area (Å²) in [6.45, 7) is 2.37. The van der Waals surface area contributed by atoms with E-state index >= 15 is 0 Å². The first-order chi connectivity index (χ1) is 10.8. The Bertz CT molecular complexity index is 607. The zero-order valence-electron chi connectivity index (χ0n) is 12.7. The maximum atomic E-state index is 5.97. The molecular weight excluding hydrogens is 282 g/mol. The van der Waals surface area contributed by atoms with Gasteiger partial charge in [0, 0.05) is 38.9 Å². The molecule has 0 unspecified atom stereocenters. The first-order valence-electron chi connectivity index (χ1n) is 7.55. The molecule has 1 fully saturated rings. The quantitative estimate of drug-likeness (QED) is 0.888. The number of hydrogen-bond acceptors (Lipinski definition) is 7. The van der Waals surface area contributed by atoms with Crippen LogP contribution in [0.5, 0.6) is 0 Å². The number of aromatic nitrogens is 3. The van der Waals surface area contributed by atoms with E-state index < -0.39 is 0 Å². The molecule has 118 valence electrons. The SMILES string of the molecule is COCCc1noc(-c2cccnc2N2CCC(N)CC2)n1. The number of hydrogen-bond donors (Lipinski definition) is 1. The van der Waals surface area contributed by atoms with Gasteiger partial charge in [0.05, 0.1) is 12.2 Å². The van der Waals surface area contributed by atoms with Crippen LogP contribution in [0.15, 0.2) is 22.9 Å². The van der Waals surface area contributed by atoms with Crippen molar-refractivity contribution in [1.29, 1.82) is 0 Å². The van der Waals surface area contributed by atoms with Crippen molar-refractivity contribution in [1.82, 2.24) is 15.1 Å². The highest BCUT2D eigenvalue weighted by Gasteiger charge is 2.22. The van der Waals surface area contributed by atoms with Crippen LogP contribution in [0.3, 0.4) is 0 Å². The van der Waals surface area contributed by atoms with Crippen LogP contribution in [0.25, 0.3) is 11.5 Å². The summed E-state index contributed by atoms with van der Waals surface area (Å²) in [4.78, 5) is 11.2. The van der Waals surface area contributed by atoms with Crippen LogP contribution in [0, 0.1) is 0 Å². The fourth-order valence-electron chi connectivity index (χ4n) is 2.59. The minimum Gasteiger partial charge on any atom is -0.384 e. The average Bonchev–Trinajstić information content (AvgIpc) is 3.02. The molecule has 0 radical (unpaired) electrons. The Labute approximate surface area is 129 Å². The highest BCUT2D eigenvalue weighted by Crippen LogP contribution is 2.29. The van der Waals surface area contributed by atoms with E-state index in [0.717, 1.165) is 37.3 Å². The standard InChI is InChI=1S/C15H21N5O2/c1-21-10-6-13-18-15(22-19-13)12-3-2-7-17-14(12)20-8-4-11(16)5-9-20/h2-3,7,11H,4-6,8-10,16H2,1H3. The molecule has 3 rings (SSSR count). The lowest BCUT2D eigenvalue weighted by Gasteiger charge is -2.31. The summed E-state index contributed by atoms with van der Waals surface area (Å²) >= 11 is 0. The van der Waals surface area contributed by atoms with Gasteiger partial charge in [-0.25, -0.2) is 4.98 Å². The van der Waals surface area contributed by atoms with Gasteiger partial charge in [0.25, 0.3) is 5.89 Å². The van der Waals surface area contributed by atoms with Gasteiger partial charge in [-0.3, -0.25) is 0 Å². The Morgan fingerprint density at radius 3 is 3.00 bits per heavy atom. The molecule has 1 saturated heterocycles. The molecule has 2 N–H and O–H groups in total. The van der Waals surface area contributed by atoms with E-state index in [1.165, 1.54) is 0 Å². The summed E-state index contributed by atoms with van der Waals surface area (Å²) < 4.78 is 10.4. The number of piperidine rings is 1. The van der Waals surface area contributed by atoms with Crippen molar-refractivity contribution in [2.45, 2.75) is 25.3 Å². The largest absolute Gasteiger partial charge is 0.384 e. The molecule has 0 amide bonds. The molecular formula is C15H21N5O2. The second-order valence-corrected chi connectivity index (χ2v) is 5.46.